The number of aromatic nitrogens is 2. The second-order valence-electron chi connectivity index (χ2n) is 8.18. The summed E-state index contributed by atoms with van der Waals surface area (Å²) in [6.45, 7) is 3.04. The third-order valence-electron chi connectivity index (χ3n) is 6.59. The molecule has 1 aliphatic carbocycles. The molecule has 0 radical (unpaired) electrons. The lowest BCUT2D eigenvalue weighted by Gasteiger charge is -2.36. The van der Waals surface area contributed by atoms with E-state index in [1.54, 1.807) is 10.9 Å². The highest BCUT2D eigenvalue weighted by Gasteiger charge is 2.40. The first-order valence-electron chi connectivity index (χ1n) is 9.79. The van der Waals surface area contributed by atoms with E-state index in [1.165, 1.54) is 17.5 Å². The summed E-state index contributed by atoms with van der Waals surface area (Å²) in [4.78, 5) is 17.9. The van der Waals surface area contributed by atoms with Gasteiger partial charge in [-0.05, 0) is 48.8 Å². The van der Waals surface area contributed by atoms with Crippen LogP contribution < -0.4 is 0 Å². The highest BCUT2D eigenvalue weighted by molar-refractivity contribution is 5.92. The Balaban J connectivity index is 1.35. The minimum atomic E-state index is 0.149. The summed E-state index contributed by atoms with van der Waals surface area (Å²) in [6, 6.07) is 11.6. The van der Waals surface area contributed by atoms with E-state index in [0.717, 1.165) is 38.9 Å². The van der Waals surface area contributed by atoms with Crippen LogP contribution in [0.1, 0.15) is 34.5 Å². The van der Waals surface area contributed by atoms with Gasteiger partial charge in [0, 0.05) is 45.0 Å². The molecule has 4 aliphatic rings. The van der Waals surface area contributed by atoms with Crippen molar-refractivity contribution < 1.29 is 4.79 Å². The van der Waals surface area contributed by atoms with Crippen molar-refractivity contribution in [1.82, 2.24) is 19.6 Å². The summed E-state index contributed by atoms with van der Waals surface area (Å²) < 4.78 is 1.70. The summed E-state index contributed by atoms with van der Waals surface area (Å²) in [5.41, 5.74) is 3.73. The molecule has 0 N–H and O–H groups in total. The lowest BCUT2D eigenvalue weighted by Crippen LogP contribution is -2.48. The SMILES string of the molecule is Cn1nccc1C(=O)N1C[C@H]2CC[C@@H]1CN(C1Cc3ccccc3C1)C2. The summed E-state index contributed by atoms with van der Waals surface area (Å²) in [6.07, 6.45) is 6.41. The molecular weight excluding hydrogens is 324 g/mol. The van der Waals surface area contributed by atoms with Gasteiger partial charge in [0.25, 0.3) is 5.91 Å². The zero-order valence-electron chi connectivity index (χ0n) is 15.3. The summed E-state index contributed by atoms with van der Waals surface area (Å²) in [7, 11) is 1.85. The van der Waals surface area contributed by atoms with E-state index >= 15 is 0 Å². The van der Waals surface area contributed by atoms with Gasteiger partial charge in [0.15, 0.2) is 0 Å². The molecule has 0 saturated carbocycles. The first kappa shape index (κ1) is 16.1. The molecule has 136 valence electrons. The van der Waals surface area contributed by atoms with Crippen molar-refractivity contribution >= 4 is 5.91 Å². The fraction of sp³-hybridized carbons (Fsp3) is 0.524. The average Bonchev–Trinajstić information content (AvgIpc) is 3.17. The fourth-order valence-corrected chi connectivity index (χ4v) is 5.19. The van der Waals surface area contributed by atoms with E-state index in [9.17, 15) is 4.79 Å². The first-order chi connectivity index (χ1) is 12.7. The maximum atomic E-state index is 13.1. The van der Waals surface area contributed by atoms with Crippen molar-refractivity contribution in [2.24, 2.45) is 13.0 Å². The molecule has 6 rings (SSSR count). The molecule has 1 amide bonds. The van der Waals surface area contributed by atoms with Gasteiger partial charge in [-0.2, -0.15) is 5.10 Å². The molecule has 4 heterocycles. The van der Waals surface area contributed by atoms with Gasteiger partial charge in [0.1, 0.15) is 5.69 Å². The Morgan fingerprint density at radius 1 is 1.00 bits per heavy atom. The van der Waals surface area contributed by atoms with Gasteiger partial charge in [-0.25, -0.2) is 0 Å². The minimum Gasteiger partial charge on any atom is -0.333 e. The monoisotopic (exact) mass is 350 g/mol. The number of nitrogens with zero attached hydrogens (tertiary/aromatic N) is 4. The molecule has 2 atom stereocenters. The minimum absolute atomic E-state index is 0.149. The summed E-state index contributed by atoms with van der Waals surface area (Å²) >= 11 is 0. The first-order valence-corrected chi connectivity index (χ1v) is 9.79. The number of fused-ring (bicyclic) bond motifs is 5. The molecular formula is C21H26N4O. The molecule has 1 aromatic carbocycles. The van der Waals surface area contributed by atoms with Crippen LogP contribution in [-0.2, 0) is 19.9 Å². The molecule has 3 aliphatic heterocycles. The molecule has 0 spiro atoms. The summed E-state index contributed by atoms with van der Waals surface area (Å²) in [5, 5.41) is 4.18. The third-order valence-corrected chi connectivity index (χ3v) is 6.59. The van der Waals surface area contributed by atoms with Gasteiger partial charge >= 0.3 is 0 Å². The predicted octanol–water partition coefficient (Wildman–Crippen LogP) is 2.12. The van der Waals surface area contributed by atoms with Gasteiger partial charge in [-0.1, -0.05) is 24.3 Å². The van der Waals surface area contributed by atoms with Gasteiger partial charge in [0.2, 0.25) is 0 Å². The second kappa shape index (κ2) is 6.23. The normalized spacial score (nSPS) is 26.1. The Morgan fingerprint density at radius 3 is 2.46 bits per heavy atom. The maximum Gasteiger partial charge on any atom is 0.272 e. The Labute approximate surface area is 154 Å². The van der Waals surface area contributed by atoms with Crippen molar-refractivity contribution in [1.29, 1.82) is 0 Å². The number of amides is 1. The quantitative estimate of drug-likeness (QED) is 0.833. The van der Waals surface area contributed by atoms with Gasteiger partial charge in [-0.3, -0.25) is 14.4 Å². The zero-order chi connectivity index (χ0) is 17.7. The van der Waals surface area contributed by atoms with E-state index in [-0.39, 0.29) is 5.91 Å². The number of hydrogen-bond acceptors (Lipinski definition) is 3. The van der Waals surface area contributed by atoms with Crippen LogP contribution in [-0.4, -0.2) is 57.2 Å². The molecule has 0 unspecified atom stereocenters. The largest absolute Gasteiger partial charge is 0.333 e. The van der Waals surface area contributed by atoms with Gasteiger partial charge in [0.05, 0.1) is 0 Å². The Bertz CT molecular complexity index is 804. The van der Waals surface area contributed by atoms with E-state index in [0.29, 0.717) is 23.7 Å². The molecule has 5 heteroatoms. The average molecular weight is 350 g/mol. The van der Waals surface area contributed by atoms with Crippen LogP contribution in [0.3, 0.4) is 0 Å². The Kier molecular flexibility index (Phi) is 3.85. The molecule has 3 saturated heterocycles. The fourth-order valence-electron chi connectivity index (χ4n) is 5.19. The molecule has 1 aromatic heterocycles. The molecule has 2 aromatic rings. The topological polar surface area (TPSA) is 41.4 Å². The number of benzene rings is 1. The standard InChI is InChI=1S/C21H26N4O/c1-23-20(8-9-22-23)21(26)25-13-15-6-7-18(25)14-24(12-15)19-10-16-4-2-3-5-17(16)11-19/h2-5,8-9,15,18-19H,6-7,10-14H2,1H3/t15-,18+/m0/s1. The number of aryl methyl sites for hydroxylation is 1. The van der Waals surface area contributed by atoms with Crippen LogP contribution in [0.2, 0.25) is 0 Å². The predicted molar refractivity (Wildman–Crippen MR) is 100.0 cm³/mol. The van der Waals surface area contributed by atoms with Crippen molar-refractivity contribution in [2.75, 3.05) is 19.6 Å². The molecule has 2 bridgehead atoms. The van der Waals surface area contributed by atoms with Crippen LogP contribution in [0.15, 0.2) is 36.5 Å². The number of rotatable bonds is 2. The van der Waals surface area contributed by atoms with Crippen molar-refractivity contribution in [3.05, 3.63) is 53.3 Å². The van der Waals surface area contributed by atoms with Crippen LogP contribution >= 0.6 is 0 Å². The lowest BCUT2D eigenvalue weighted by molar-refractivity contribution is 0.0570. The lowest BCUT2D eigenvalue weighted by atomic mass is 9.94. The van der Waals surface area contributed by atoms with Crippen LogP contribution in [0.25, 0.3) is 0 Å². The highest BCUT2D eigenvalue weighted by atomic mass is 16.2. The van der Waals surface area contributed by atoms with Crippen molar-refractivity contribution in [3.63, 3.8) is 0 Å². The van der Waals surface area contributed by atoms with E-state index in [1.807, 2.05) is 13.1 Å². The molecule has 5 nitrogen and oxygen atoms in total. The number of piperidine rings is 1. The van der Waals surface area contributed by atoms with Crippen molar-refractivity contribution in [3.8, 4) is 0 Å². The van der Waals surface area contributed by atoms with E-state index in [4.69, 9.17) is 0 Å². The highest BCUT2D eigenvalue weighted by Crippen LogP contribution is 2.33. The molecule has 3 fully saturated rings. The number of hydrogen-bond donors (Lipinski definition) is 0. The number of carbonyl (C=O) groups is 1. The maximum absolute atomic E-state index is 13.1. The second-order valence-corrected chi connectivity index (χ2v) is 8.18. The third kappa shape index (κ3) is 2.65. The van der Waals surface area contributed by atoms with Crippen molar-refractivity contribution in [2.45, 2.75) is 37.8 Å². The van der Waals surface area contributed by atoms with Crippen LogP contribution in [0.5, 0.6) is 0 Å². The van der Waals surface area contributed by atoms with E-state index in [2.05, 4.69) is 39.2 Å². The van der Waals surface area contributed by atoms with E-state index < -0.39 is 0 Å². The van der Waals surface area contributed by atoms with Gasteiger partial charge in [-0.15, -0.1) is 0 Å². The van der Waals surface area contributed by atoms with Crippen LogP contribution in [0, 0.1) is 5.92 Å². The summed E-state index contributed by atoms with van der Waals surface area (Å²) in [5.74, 6) is 0.742. The zero-order valence-corrected chi connectivity index (χ0v) is 15.3. The Hall–Kier alpha value is -2.14. The van der Waals surface area contributed by atoms with Gasteiger partial charge < -0.3 is 4.90 Å². The smallest absolute Gasteiger partial charge is 0.272 e. The molecule has 26 heavy (non-hydrogen) atoms. The van der Waals surface area contributed by atoms with Crippen LogP contribution in [0.4, 0.5) is 0 Å². The number of carbonyl (C=O) groups excluding carboxylic acids is 1. The Morgan fingerprint density at radius 2 is 1.77 bits per heavy atom.